The van der Waals surface area contributed by atoms with Crippen molar-refractivity contribution in [2.24, 2.45) is 0 Å². The van der Waals surface area contributed by atoms with Crippen LogP contribution in [0.2, 0.25) is 0 Å². The molecule has 0 amide bonds. The minimum Gasteiger partial charge on any atom is -0.258 e. The summed E-state index contributed by atoms with van der Waals surface area (Å²) in [6.45, 7) is 0. The standard InChI is InChI=1S/C25H24N2OS3/c26-16-22-21(18-9-3-1-4-10-18)15-23(20-13-7-8-14-24(20)29)27-25(22)30-17-31(28)19-11-5-2-6-12-19/h1,3-4,7-10,13-15,19,29H,2,5-6,11-12,17H2. The summed E-state index contributed by atoms with van der Waals surface area (Å²) in [5.74, 6) is 0. The Kier molecular flexibility index (Phi) is 7.49. The highest BCUT2D eigenvalue weighted by Crippen LogP contribution is 2.36. The van der Waals surface area contributed by atoms with Gasteiger partial charge >= 0.3 is 0 Å². The van der Waals surface area contributed by atoms with Crippen molar-refractivity contribution in [3.05, 3.63) is 66.2 Å². The minimum absolute atomic E-state index is 0.265. The van der Waals surface area contributed by atoms with Crippen molar-refractivity contribution in [3.63, 3.8) is 0 Å². The van der Waals surface area contributed by atoms with Crippen LogP contribution in [0.4, 0.5) is 0 Å². The Hall–Kier alpha value is -2.07. The van der Waals surface area contributed by atoms with Gasteiger partial charge < -0.3 is 0 Å². The van der Waals surface area contributed by atoms with Crippen molar-refractivity contribution in [1.29, 1.82) is 5.26 Å². The number of rotatable bonds is 6. The SMILES string of the molecule is N#Cc1c(-c2ccccc2)cc(-c2ccccc2S)nc1SCS(=O)C1CCCCC1. The van der Waals surface area contributed by atoms with Crippen LogP contribution in [0.25, 0.3) is 22.4 Å². The molecular weight excluding hydrogens is 440 g/mol. The van der Waals surface area contributed by atoms with Gasteiger partial charge in [0.2, 0.25) is 0 Å². The van der Waals surface area contributed by atoms with Crippen molar-refractivity contribution in [1.82, 2.24) is 4.98 Å². The molecule has 4 rings (SSSR count). The lowest BCUT2D eigenvalue weighted by Crippen LogP contribution is -2.19. The first-order valence-electron chi connectivity index (χ1n) is 10.5. The van der Waals surface area contributed by atoms with Crippen molar-refractivity contribution >= 4 is 35.2 Å². The largest absolute Gasteiger partial charge is 0.258 e. The first kappa shape index (κ1) is 22.1. The van der Waals surface area contributed by atoms with Crippen LogP contribution in [-0.4, -0.2) is 19.5 Å². The number of aromatic nitrogens is 1. The summed E-state index contributed by atoms with van der Waals surface area (Å²) in [5, 5.41) is 11.4. The molecule has 1 fully saturated rings. The Morgan fingerprint density at radius 1 is 1.03 bits per heavy atom. The first-order valence-corrected chi connectivity index (χ1v) is 13.3. The van der Waals surface area contributed by atoms with Gasteiger partial charge in [-0.3, -0.25) is 4.21 Å². The number of pyridine rings is 1. The molecule has 0 saturated heterocycles. The zero-order valence-corrected chi connectivity index (χ0v) is 19.7. The topological polar surface area (TPSA) is 53.8 Å². The number of hydrogen-bond donors (Lipinski definition) is 1. The van der Waals surface area contributed by atoms with E-state index in [1.807, 2.05) is 60.7 Å². The van der Waals surface area contributed by atoms with Gasteiger partial charge in [0, 0.05) is 32.1 Å². The molecule has 0 bridgehead atoms. The van der Waals surface area contributed by atoms with Gasteiger partial charge in [-0.15, -0.1) is 12.6 Å². The maximum atomic E-state index is 12.9. The highest BCUT2D eigenvalue weighted by molar-refractivity contribution is 8.10. The van der Waals surface area contributed by atoms with Gasteiger partial charge in [0.15, 0.2) is 0 Å². The highest BCUT2D eigenvalue weighted by Gasteiger charge is 2.22. The number of nitrogens with zero attached hydrogens (tertiary/aromatic N) is 2. The molecule has 1 heterocycles. The van der Waals surface area contributed by atoms with Crippen LogP contribution < -0.4 is 0 Å². The fourth-order valence-electron chi connectivity index (χ4n) is 3.95. The third kappa shape index (κ3) is 5.23. The number of benzene rings is 2. The molecule has 0 spiro atoms. The van der Waals surface area contributed by atoms with Gasteiger partial charge in [0.1, 0.15) is 11.1 Å². The molecule has 1 unspecified atom stereocenters. The van der Waals surface area contributed by atoms with E-state index in [1.165, 1.54) is 18.2 Å². The third-order valence-corrected chi connectivity index (χ3v) is 9.17. The normalized spacial score (nSPS) is 15.4. The highest BCUT2D eigenvalue weighted by atomic mass is 32.2. The van der Waals surface area contributed by atoms with E-state index >= 15 is 0 Å². The molecule has 1 aliphatic carbocycles. The summed E-state index contributed by atoms with van der Waals surface area (Å²) >= 11 is 6.05. The third-order valence-electron chi connectivity index (χ3n) is 5.60. The van der Waals surface area contributed by atoms with Gasteiger partial charge in [-0.25, -0.2) is 4.98 Å². The number of thioether (sulfide) groups is 1. The summed E-state index contributed by atoms with van der Waals surface area (Å²) in [5.41, 5.74) is 4.04. The predicted octanol–water partition coefficient (Wildman–Crippen LogP) is 6.71. The summed E-state index contributed by atoms with van der Waals surface area (Å²) in [6, 6.07) is 22.0. The minimum atomic E-state index is -0.925. The van der Waals surface area contributed by atoms with Crippen LogP contribution in [0.1, 0.15) is 37.7 Å². The van der Waals surface area contributed by atoms with Crippen molar-refractivity contribution in [3.8, 4) is 28.5 Å². The Balaban J connectivity index is 1.74. The van der Waals surface area contributed by atoms with E-state index in [-0.39, 0.29) is 5.25 Å². The molecule has 1 saturated carbocycles. The van der Waals surface area contributed by atoms with Gasteiger partial charge in [0.25, 0.3) is 0 Å². The van der Waals surface area contributed by atoms with Crippen LogP contribution >= 0.6 is 24.4 Å². The van der Waals surface area contributed by atoms with E-state index < -0.39 is 10.8 Å². The maximum absolute atomic E-state index is 12.9. The summed E-state index contributed by atoms with van der Waals surface area (Å²) in [6.07, 6.45) is 5.64. The average Bonchev–Trinajstić information content (AvgIpc) is 2.83. The van der Waals surface area contributed by atoms with E-state index in [2.05, 4.69) is 18.7 Å². The molecule has 1 aliphatic rings. The average molecular weight is 465 g/mol. The van der Waals surface area contributed by atoms with E-state index in [9.17, 15) is 9.47 Å². The smallest absolute Gasteiger partial charge is 0.116 e. The van der Waals surface area contributed by atoms with E-state index in [1.54, 1.807) is 0 Å². The van der Waals surface area contributed by atoms with E-state index in [0.717, 1.165) is 53.0 Å². The Bertz CT molecular complexity index is 1120. The Morgan fingerprint density at radius 3 is 2.45 bits per heavy atom. The van der Waals surface area contributed by atoms with Crippen molar-refractivity contribution < 1.29 is 4.21 Å². The second kappa shape index (κ2) is 10.5. The second-order valence-corrected chi connectivity index (χ2v) is 11.2. The van der Waals surface area contributed by atoms with Crippen LogP contribution in [0, 0.1) is 11.3 Å². The Labute approximate surface area is 196 Å². The van der Waals surface area contributed by atoms with Crippen LogP contribution in [0.5, 0.6) is 0 Å². The number of nitriles is 1. The lowest BCUT2D eigenvalue weighted by atomic mass is 9.99. The summed E-state index contributed by atoms with van der Waals surface area (Å²) in [4.78, 5) is 5.67. The van der Waals surface area contributed by atoms with Gasteiger partial charge in [-0.2, -0.15) is 5.26 Å². The number of thiol groups is 1. The van der Waals surface area contributed by atoms with Crippen molar-refractivity contribution in [2.45, 2.75) is 47.3 Å². The first-order chi connectivity index (χ1) is 15.2. The molecule has 1 atom stereocenters. The molecule has 3 nitrogen and oxygen atoms in total. The summed E-state index contributed by atoms with van der Waals surface area (Å²) < 4.78 is 12.9. The molecule has 0 aliphatic heterocycles. The lowest BCUT2D eigenvalue weighted by molar-refractivity contribution is 0.505. The zero-order valence-electron chi connectivity index (χ0n) is 17.2. The molecule has 31 heavy (non-hydrogen) atoms. The van der Waals surface area contributed by atoms with Crippen LogP contribution in [0.15, 0.2) is 70.6 Å². The fourth-order valence-corrected chi connectivity index (χ4v) is 7.22. The molecule has 0 N–H and O–H groups in total. The molecule has 6 heteroatoms. The second-order valence-electron chi connectivity index (χ2n) is 7.63. The van der Waals surface area contributed by atoms with E-state index in [4.69, 9.17) is 4.98 Å². The molecule has 158 valence electrons. The zero-order chi connectivity index (χ0) is 21.6. The molecule has 1 aromatic heterocycles. The maximum Gasteiger partial charge on any atom is 0.116 e. The van der Waals surface area contributed by atoms with E-state index in [0.29, 0.717) is 15.7 Å². The number of hydrogen-bond acceptors (Lipinski definition) is 5. The quantitative estimate of drug-likeness (QED) is 0.325. The lowest BCUT2D eigenvalue weighted by Gasteiger charge is -2.21. The molecular formula is C25H24N2OS3. The van der Waals surface area contributed by atoms with Crippen molar-refractivity contribution in [2.75, 3.05) is 5.08 Å². The summed E-state index contributed by atoms with van der Waals surface area (Å²) in [7, 11) is -0.925. The Morgan fingerprint density at radius 2 is 1.74 bits per heavy atom. The van der Waals surface area contributed by atoms with Gasteiger partial charge in [-0.05, 0) is 30.5 Å². The predicted molar refractivity (Wildman–Crippen MR) is 133 cm³/mol. The van der Waals surface area contributed by atoms with Gasteiger partial charge in [-0.1, -0.05) is 79.6 Å². The van der Waals surface area contributed by atoms with Crippen LogP contribution in [-0.2, 0) is 10.8 Å². The molecule has 2 aromatic carbocycles. The molecule has 0 radical (unpaired) electrons. The fraction of sp³-hybridized carbons (Fsp3) is 0.280. The monoisotopic (exact) mass is 464 g/mol. The van der Waals surface area contributed by atoms with Gasteiger partial charge in [0.05, 0.1) is 16.3 Å². The molecule has 3 aromatic rings. The van der Waals surface area contributed by atoms with Crippen LogP contribution in [0.3, 0.4) is 0 Å².